The molecule has 36 heavy (non-hydrogen) atoms. The van der Waals surface area contributed by atoms with Crippen molar-refractivity contribution in [3.05, 3.63) is 81.8 Å². The quantitative estimate of drug-likeness (QED) is 0.183. The summed E-state index contributed by atoms with van der Waals surface area (Å²) in [5, 5.41) is 5.40. The van der Waals surface area contributed by atoms with E-state index in [1.165, 1.54) is 30.6 Å². The molecule has 0 aliphatic rings. The lowest BCUT2D eigenvalue weighted by Crippen LogP contribution is -2.40. The van der Waals surface area contributed by atoms with Crippen molar-refractivity contribution < 1.29 is 32.0 Å². The van der Waals surface area contributed by atoms with Gasteiger partial charge in [-0.05, 0) is 36.1 Å². The van der Waals surface area contributed by atoms with Crippen LogP contribution in [0.25, 0.3) is 0 Å². The molecule has 10 nitrogen and oxygen atoms in total. The minimum atomic E-state index is -4.39. The van der Waals surface area contributed by atoms with Gasteiger partial charge in [-0.15, -0.1) is 11.3 Å². The molecule has 12 heteroatoms. The number of nitrogens with one attached hydrogen (secondary N) is 2. The van der Waals surface area contributed by atoms with Gasteiger partial charge in [0.25, 0.3) is 0 Å². The highest BCUT2D eigenvalue weighted by Gasteiger charge is 2.31. The highest BCUT2D eigenvalue weighted by Crippen LogP contribution is 2.25. The Morgan fingerprint density at radius 2 is 1.69 bits per heavy atom. The van der Waals surface area contributed by atoms with Crippen LogP contribution in [0.2, 0.25) is 0 Å². The molecular formula is C24H27N3O7S2. The van der Waals surface area contributed by atoms with Gasteiger partial charge in [-0.25, -0.2) is 4.98 Å². The van der Waals surface area contributed by atoms with Crippen molar-refractivity contribution in [2.45, 2.75) is 25.5 Å². The Bertz CT molecular complexity index is 1260. The summed E-state index contributed by atoms with van der Waals surface area (Å²) >= 11 is 1.35. The van der Waals surface area contributed by atoms with Gasteiger partial charge < -0.3 is 14.8 Å². The van der Waals surface area contributed by atoms with E-state index in [1.54, 1.807) is 19.2 Å². The Morgan fingerprint density at radius 1 is 1.03 bits per heavy atom. The van der Waals surface area contributed by atoms with E-state index in [-0.39, 0.29) is 12.1 Å². The van der Waals surface area contributed by atoms with Crippen molar-refractivity contribution in [3.63, 3.8) is 0 Å². The Hall–Kier alpha value is -3.32. The number of methoxy groups -OCH3 is 2. The van der Waals surface area contributed by atoms with Crippen LogP contribution < -0.4 is 10.0 Å². The van der Waals surface area contributed by atoms with Crippen LogP contribution in [0.5, 0.6) is 0 Å². The molecule has 0 spiro atoms. The fourth-order valence-electron chi connectivity index (χ4n) is 3.54. The smallest absolute Gasteiger partial charge is 0.357 e. The predicted molar refractivity (Wildman–Crippen MR) is 135 cm³/mol. The number of benzene rings is 2. The van der Waals surface area contributed by atoms with Crippen molar-refractivity contribution in [2.24, 2.45) is 5.92 Å². The van der Waals surface area contributed by atoms with Gasteiger partial charge >= 0.3 is 16.3 Å². The van der Waals surface area contributed by atoms with E-state index in [9.17, 15) is 18.0 Å². The lowest BCUT2D eigenvalue weighted by molar-refractivity contribution is -0.150. The second-order valence-corrected chi connectivity index (χ2v) is 9.96. The summed E-state index contributed by atoms with van der Waals surface area (Å²) in [6.45, 7) is 0.311. The summed E-state index contributed by atoms with van der Waals surface area (Å²) in [6, 6.07) is 14.9. The Morgan fingerprint density at radius 3 is 2.31 bits per heavy atom. The van der Waals surface area contributed by atoms with E-state index in [4.69, 9.17) is 14.0 Å². The van der Waals surface area contributed by atoms with Crippen molar-refractivity contribution in [3.8, 4) is 0 Å². The number of nitrogens with zero attached hydrogens (tertiary/aromatic N) is 1. The van der Waals surface area contributed by atoms with Crippen molar-refractivity contribution in [1.29, 1.82) is 0 Å². The Labute approximate surface area is 213 Å². The molecule has 0 bridgehead atoms. The average molecular weight is 534 g/mol. The summed E-state index contributed by atoms with van der Waals surface area (Å²) in [4.78, 5) is 30.3. The third-order valence-corrected chi connectivity index (χ3v) is 6.70. The van der Waals surface area contributed by atoms with Gasteiger partial charge in [0, 0.05) is 12.5 Å². The molecule has 0 saturated carbocycles. The van der Waals surface area contributed by atoms with Crippen LogP contribution >= 0.6 is 11.3 Å². The monoisotopic (exact) mass is 533 g/mol. The van der Waals surface area contributed by atoms with E-state index in [0.29, 0.717) is 23.7 Å². The third-order valence-electron chi connectivity index (χ3n) is 5.20. The van der Waals surface area contributed by atoms with E-state index in [2.05, 4.69) is 10.3 Å². The summed E-state index contributed by atoms with van der Waals surface area (Å²) in [6.07, 6.45) is 0.492. The standard InChI is InChI=1S/C24H27N3O7S2/c1-33-14-19-15-35-23(25-19)21(13-17-8-10-18(11-9-17)27-36(30,31)32)26-22(28)20(24(29)34-2)12-16-6-4-3-5-7-16/h3-11,15,20-21,27H,12-14H2,1-2H3,(H,26,28)(H,30,31,32). The predicted octanol–water partition coefficient (Wildman–Crippen LogP) is 2.94. The molecule has 3 rings (SSSR count). The number of ether oxygens (including phenoxy) is 2. The molecule has 192 valence electrons. The van der Waals surface area contributed by atoms with Crippen molar-refractivity contribution in [1.82, 2.24) is 10.3 Å². The van der Waals surface area contributed by atoms with Gasteiger partial charge in [0.15, 0.2) is 0 Å². The molecule has 2 aromatic carbocycles. The second-order valence-electron chi connectivity index (χ2n) is 7.91. The maximum Gasteiger partial charge on any atom is 0.357 e. The van der Waals surface area contributed by atoms with Crippen LogP contribution in [0, 0.1) is 5.92 Å². The molecular weight excluding hydrogens is 506 g/mol. The molecule has 3 aromatic rings. The van der Waals surface area contributed by atoms with Gasteiger partial charge in [0.1, 0.15) is 10.9 Å². The number of rotatable bonds is 12. The SMILES string of the molecule is COCc1csc(C(Cc2ccc(NS(=O)(=O)O)cc2)NC(=O)C(Cc2ccccc2)C(=O)OC)n1. The van der Waals surface area contributed by atoms with Crippen LogP contribution in [-0.4, -0.2) is 44.1 Å². The maximum absolute atomic E-state index is 13.3. The van der Waals surface area contributed by atoms with Gasteiger partial charge in [-0.1, -0.05) is 42.5 Å². The highest BCUT2D eigenvalue weighted by molar-refractivity contribution is 7.87. The number of anilines is 1. The lowest BCUT2D eigenvalue weighted by Gasteiger charge is -2.21. The average Bonchev–Trinajstić information content (AvgIpc) is 3.31. The van der Waals surface area contributed by atoms with E-state index >= 15 is 0 Å². The van der Waals surface area contributed by atoms with Gasteiger partial charge in [0.2, 0.25) is 5.91 Å². The zero-order chi connectivity index (χ0) is 26.1. The van der Waals surface area contributed by atoms with Crippen LogP contribution in [0.4, 0.5) is 5.69 Å². The molecule has 0 fully saturated rings. The van der Waals surface area contributed by atoms with E-state index in [1.807, 2.05) is 40.4 Å². The minimum absolute atomic E-state index is 0.175. The second kappa shape index (κ2) is 12.6. The van der Waals surface area contributed by atoms with Crippen LogP contribution in [0.15, 0.2) is 60.0 Å². The van der Waals surface area contributed by atoms with Gasteiger partial charge in [0.05, 0.1) is 31.1 Å². The topological polar surface area (TPSA) is 144 Å². The minimum Gasteiger partial charge on any atom is -0.468 e. The first-order chi connectivity index (χ1) is 17.2. The highest BCUT2D eigenvalue weighted by atomic mass is 32.2. The van der Waals surface area contributed by atoms with E-state index < -0.39 is 34.1 Å². The number of aromatic nitrogens is 1. The largest absolute Gasteiger partial charge is 0.468 e. The van der Waals surface area contributed by atoms with Crippen molar-refractivity contribution >= 4 is 39.2 Å². The summed E-state index contributed by atoms with van der Waals surface area (Å²) in [5.74, 6) is -2.20. The zero-order valence-electron chi connectivity index (χ0n) is 19.7. The molecule has 1 heterocycles. The lowest BCUT2D eigenvalue weighted by atomic mass is 9.97. The Balaban J connectivity index is 1.84. The number of carbonyl (C=O) groups excluding carboxylic acids is 2. The molecule has 2 unspecified atom stereocenters. The number of amides is 1. The fraction of sp³-hybridized carbons (Fsp3) is 0.292. The first kappa shape index (κ1) is 27.3. The van der Waals surface area contributed by atoms with Gasteiger partial charge in [-0.3, -0.25) is 18.9 Å². The van der Waals surface area contributed by atoms with Crippen LogP contribution in [-0.2, 0) is 48.8 Å². The summed E-state index contributed by atoms with van der Waals surface area (Å²) in [5.41, 5.74) is 2.48. The third kappa shape index (κ3) is 8.12. The van der Waals surface area contributed by atoms with Crippen molar-refractivity contribution in [2.75, 3.05) is 18.9 Å². The molecule has 0 aliphatic carbocycles. The first-order valence-electron chi connectivity index (χ1n) is 10.9. The first-order valence-corrected chi connectivity index (χ1v) is 13.2. The normalized spacial score (nSPS) is 13.0. The molecule has 2 atom stereocenters. The zero-order valence-corrected chi connectivity index (χ0v) is 21.3. The number of hydrogen-bond acceptors (Lipinski definition) is 8. The number of thiazole rings is 1. The number of hydrogen-bond donors (Lipinski definition) is 3. The van der Waals surface area contributed by atoms with Crippen LogP contribution in [0.3, 0.4) is 0 Å². The van der Waals surface area contributed by atoms with Crippen LogP contribution in [0.1, 0.15) is 27.9 Å². The fourth-order valence-corrected chi connectivity index (χ4v) is 4.83. The molecule has 0 radical (unpaired) electrons. The Kier molecular flexibility index (Phi) is 9.53. The number of esters is 1. The summed E-state index contributed by atoms with van der Waals surface area (Å²) in [7, 11) is -1.59. The number of carbonyl (C=O) groups is 2. The molecule has 1 amide bonds. The molecule has 3 N–H and O–H groups in total. The molecule has 0 saturated heterocycles. The van der Waals surface area contributed by atoms with Gasteiger partial charge in [-0.2, -0.15) is 8.42 Å². The molecule has 1 aromatic heterocycles. The summed E-state index contributed by atoms with van der Waals surface area (Å²) < 4.78 is 43.1. The maximum atomic E-state index is 13.3. The molecule has 0 aliphatic heterocycles. The van der Waals surface area contributed by atoms with E-state index in [0.717, 1.165) is 11.1 Å².